The number of benzene rings is 1. The van der Waals surface area contributed by atoms with Crippen LogP contribution in [0, 0.1) is 6.92 Å². The molecular formula is C14H16N2O3. The van der Waals surface area contributed by atoms with E-state index in [0.29, 0.717) is 13.0 Å². The molecule has 0 radical (unpaired) electrons. The summed E-state index contributed by atoms with van der Waals surface area (Å²) in [4.78, 5) is 25.2. The number of aryl methyl sites for hydroxylation is 1. The second kappa shape index (κ2) is 4.26. The molecule has 2 aliphatic rings. The predicted molar refractivity (Wildman–Crippen MR) is 71.4 cm³/mol. The number of nitrogens with one attached hydrogen (secondary N) is 1. The van der Waals surface area contributed by atoms with Crippen molar-refractivity contribution >= 4 is 23.3 Å². The van der Waals surface area contributed by atoms with Gasteiger partial charge in [0.2, 0.25) is 5.91 Å². The summed E-state index contributed by atoms with van der Waals surface area (Å²) >= 11 is 0. The zero-order valence-electron chi connectivity index (χ0n) is 11.0. The third-order valence-electron chi connectivity index (χ3n) is 3.75. The monoisotopic (exact) mass is 260 g/mol. The third-order valence-corrected chi connectivity index (χ3v) is 3.75. The second-order valence-corrected chi connectivity index (χ2v) is 5.15. The first-order chi connectivity index (χ1) is 9.08. The first-order valence-electron chi connectivity index (χ1n) is 6.34. The van der Waals surface area contributed by atoms with Gasteiger partial charge in [0, 0.05) is 35.8 Å². The molecular weight excluding hydrogens is 244 g/mol. The van der Waals surface area contributed by atoms with Crippen molar-refractivity contribution in [1.82, 2.24) is 0 Å². The zero-order chi connectivity index (χ0) is 13.6. The molecule has 0 fully saturated rings. The number of nitrogens with zero attached hydrogens (tertiary/aromatic N) is 1. The molecule has 19 heavy (non-hydrogen) atoms. The minimum Gasteiger partial charge on any atom is -0.468 e. The topological polar surface area (TPSA) is 58.6 Å². The molecule has 1 aromatic rings. The molecule has 5 nitrogen and oxygen atoms in total. The van der Waals surface area contributed by atoms with Crippen LogP contribution in [-0.4, -0.2) is 32.1 Å². The van der Waals surface area contributed by atoms with Crippen LogP contribution in [0.1, 0.15) is 23.5 Å². The fourth-order valence-electron chi connectivity index (χ4n) is 2.99. The largest absolute Gasteiger partial charge is 0.468 e. The normalized spacial score (nSPS) is 20.0. The van der Waals surface area contributed by atoms with Crippen LogP contribution in [0.4, 0.5) is 11.4 Å². The van der Waals surface area contributed by atoms with Crippen molar-refractivity contribution in [3.05, 3.63) is 23.3 Å². The van der Waals surface area contributed by atoms with Crippen molar-refractivity contribution < 1.29 is 14.3 Å². The number of esters is 1. The van der Waals surface area contributed by atoms with Crippen molar-refractivity contribution in [3.8, 4) is 0 Å². The van der Waals surface area contributed by atoms with Crippen LogP contribution in [0.15, 0.2) is 12.1 Å². The Morgan fingerprint density at radius 2 is 2.32 bits per heavy atom. The molecule has 0 saturated heterocycles. The Hall–Kier alpha value is -2.04. The van der Waals surface area contributed by atoms with Crippen molar-refractivity contribution in [2.45, 2.75) is 19.3 Å². The van der Waals surface area contributed by atoms with Crippen LogP contribution in [-0.2, 0) is 14.3 Å². The molecule has 0 bridgehead atoms. The average Bonchev–Trinajstić information content (AvgIpc) is 2.67. The number of anilines is 2. The van der Waals surface area contributed by atoms with Gasteiger partial charge >= 0.3 is 5.97 Å². The van der Waals surface area contributed by atoms with E-state index >= 15 is 0 Å². The lowest BCUT2D eigenvalue weighted by molar-refractivity contribution is -0.138. The molecule has 1 amide bonds. The van der Waals surface area contributed by atoms with Gasteiger partial charge in [-0.2, -0.15) is 0 Å². The van der Waals surface area contributed by atoms with Gasteiger partial charge in [-0.1, -0.05) is 0 Å². The maximum atomic E-state index is 11.7. The number of hydrogen-bond acceptors (Lipinski definition) is 4. The number of carbonyl (C=O) groups is 2. The molecule has 5 heteroatoms. The summed E-state index contributed by atoms with van der Waals surface area (Å²) < 4.78 is 4.73. The Balaban J connectivity index is 2.02. The van der Waals surface area contributed by atoms with Crippen LogP contribution < -0.4 is 10.2 Å². The van der Waals surface area contributed by atoms with Gasteiger partial charge in [0.15, 0.2) is 0 Å². The highest BCUT2D eigenvalue weighted by Gasteiger charge is 2.36. The summed E-state index contributed by atoms with van der Waals surface area (Å²) in [6, 6.07) is 4.06. The lowest BCUT2D eigenvalue weighted by Gasteiger charge is -2.21. The van der Waals surface area contributed by atoms with Gasteiger partial charge in [0.1, 0.15) is 6.54 Å². The van der Waals surface area contributed by atoms with E-state index in [9.17, 15) is 9.59 Å². The summed E-state index contributed by atoms with van der Waals surface area (Å²) in [5.74, 6) is -0.0221. The Labute approximate surface area is 111 Å². The molecule has 0 aromatic heterocycles. The van der Waals surface area contributed by atoms with Crippen molar-refractivity contribution in [3.63, 3.8) is 0 Å². The van der Waals surface area contributed by atoms with E-state index in [0.717, 1.165) is 22.5 Å². The van der Waals surface area contributed by atoms with Crippen LogP contribution in [0.2, 0.25) is 0 Å². The highest BCUT2D eigenvalue weighted by Crippen LogP contribution is 2.45. The molecule has 0 aliphatic carbocycles. The first kappa shape index (κ1) is 12.0. The fourth-order valence-corrected chi connectivity index (χ4v) is 2.99. The number of hydrogen-bond donors (Lipinski definition) is 1. The Morgan fingerprint density at radius 1 is 1.53 bits per heavy atom. The lowest BCUT2D eigenvalue weighted by atomic mass is 9.91. The van der Waals surface area contributed by atoms with Crippen molar-refractivity contribution in [1.29, 1.82) is 0 Å². The highest BCUT2D eigenvalue weighted by atomic mass is 16.5. The number of methoxy groups -OCH3 is 1. The van der Waals surface area contributed by atoms with Gasteiger partial charge in [-0.25, -0.2) is 0 Å². The predicted octanol–water partition coefficient (Wildman–Crippen LogP) is 1.41. The van der Waals surface area contributed by atoms with E-state index in [1.807, 2.05) is 17.9 Å². The SMILES string of the molecule is COC(=O)CN1CC2CC(=O)Nc3cc(C)cc1c32. The number of carbonyl (C=O) groups excluding carboxylic acids is 2. The number of ether oxygens (including phenoxy) is 1. The third kappa shape index (κ3) is 1.95. The Kier molecular flexibility index (Phi) is 2.69. The van der Waals surface area contributed by atoms with Gasteiger partial charge in [-0.15, -0.1) is 0 Å². The summed E-state index contributed by atoms with van der Waals surface area (Å²) in [5.41, 5.74) is 4.18. The van der Waals surface area contributed by atoms with E-state index in [-0.39, 0.29) is 24.3 Å². The van der Waals surface area contributed by atoms with Gasteiger partial charge in [-0.3, -0.25) is 9.59 Å². The minimum atomic E-state index is -0.256. The van der Waals surface area contributed by atoms with Crippen molar-refractivity contribution in [2.75, 3.05) is 30.4 Å². The molecule has 0 saturated carbocycles. The maximum Gasteiger partial charge on any atom is 0.325 e. The molecule has 1 atom stereocenters. The second-order valence-electron chi connectivity index (χ2n) is 5.15. The summed E-state index contributed by atoms with van der Waals surface area (Å²) in [5, 5.41) is 2.92. The smallest absolute Gasteiger partial charge is 0.325 e. The Bertz CT molecular complexity index is 568. The summed E-state index contributed by atoms with van der Waals surface area (Å²) in [6.45, 7) is 2.92. The molecule has 0 spiro atoms. The van der Waals surface area contributed by atoms with Crippen LogP contribution in [0.3, 0.4) is 0 Å². The molecule has 1 unspecified atom stereocenters. The van der Waals surface area contributed by atoms with Crippen LogP contribution in [0.25, 0.3) is 0 Å². The number of rotatable bonds is 2. The lowest BCUT2D eigenvalue weighted by Crippen LogP contribution is -2.30. The van der Waals surface area contributed by atoms with Crippen LogP contribution in [0.5, 0.6) is 0 Å². The van der Waals surface area contributed by atoms with E-state index in [1.54, 1.807) is 0 Å². The minimum absolute atomic E-state index is 0.0500. The molecule has 3 rings (SSSR count). The molecule has 1 N–H and O–H groups in total. The van der Waals surface area contributed by atoms with Gasteiger partial charge < -0.3 is 15.0 Å². The molecule has 2 heterocycles. The van der Waals surface area contributed by atoms with Gasteiger partial charge in [-0.05, 0) is 24.6 Å². The standard InChI is InChI=1S/C14H16N2O3/c1-8-3-10-14-9(5-12(17)15-10)6-16(11(14)4-8)7-13(18)19-2/h3-4,9H,5-7H2,1-2H3,(H,15,17). The summed E-state index contributed by atoms with van der Waals surface area (Å²) in [6.07, 6.45) is 0.487. The Morgan fingerprint density at radius 3 is 3.05 bits per heavy atom. The van der Waals surface area contributed by atoms with E-state index in [1.165, 1.54) is 7.11 Å². The summed E-state index contributed by atoms with van der Waals surface area (Å²) in [7, 11) is 1.39. The quantitative estimate of drug-likeness (QED) is 0.817. The molecule has 100 valence electrons. The fraction of sp³-hybridized carbons (Fsp3) is 0.429. The van der Waals surface area contributed by atoms with Crippen molar-refractivity contribution in [2.24, 2.45) is 0 Å². The highest BCUT2D eigenvalue weighted by molar-refractivity contribution is 5.98. The first-order valence-corrected chi connectivity index (χ1v) is 6.34. The van der Waals surface area contributed by atoms with Gasteiger partial charge in [0.25, 0.3) is 0 Å². The maximum absolute atomic E-state index is 11.7. The molecule has 2 aliphatic heterocycles. The van der Waals surface area contributed by atoms with Gasteiger partial charge in [0.05, 0.1) is 7.11 Å². The zero-order valence-corrected chi connectivity index (χ0v) is 11.0. The van der Waals surface area contributed by atoms with E-state index in [4.69, 9.17) is 4.74 Å². The average molecular weight is 260 g/mol. The van der Waals surface area contributed by atoms with E-state index in [2.05, 4.69) is 11.4 Å². The number of amides is 1. The molecule has 1 aromatic carbocycles. The van der Waals surface area contributed by atoms with Crippen LogP contribution >= 0.6 is 0 Å². The van der Waals surface area contributed by atoms with E-state index < -0.39 is 0 Å².